The zero-order valence-electron chi connectivity index (χ0n) is 12.1. The van der Waals surface area contributed by atoms with Gasteiger partial charge < -0.3 is 15.3 Å². The Hall–Kier alpha value is -1.36. The van der Waals surface area contributed by atoms with Crippen LogP contribution in [0.3, 0.4) is 0 Å². The SMILES string of the molecule is CCCc1nc(NC)cc(N2CCC(C)C(O)C2)n1. The van der Waals surface area contributed by atoms with Gasteiger partial charge in [0.05, 0.1) is 6.10 Å². The predicted molar refractivity (Wildman–Crippen MR) is 77.6 cm³/mol. The summed E-state index contributed by atoms with van der Waals surface area (Å²) in [6.07, 6.45) is 2.65. The van der Waals surface area contributed by atoms with Crippen LogP contribution in [-0.4, -0.2) is 41.3 Å². The number of piperidine rings is 1. The number of rotatable bonds is 4. The van der Waals surface area contributed by atoms with E-state index in [4.69, 9.17) is 0 Å². The van der Waals surface area contributed by atoms with E-state index >= 15 is 0 Å². The van der Waals surface area contributed by atoms with Crippen molar-refractivity contribution in [3.05, 3.63) is 11.9 Å². The minimum Gasteiger partial charge on any atom is -0.391 e. The molecule has 0 aromatic carbocycles. The van der Waals surface area contributed by atoms with Crippen LogP contribution in [-0.2, 0) is 6.42 Å². The number of aryl methyl sites for hydroxylation is 1. The van der Waals surface area contributed by atoms with Crippen LogP contribution in [0, 0.1) is 5.92 Å². The predicted octanol–water partition coefficient (Wildman–Crippen LogP) is 1.68. The molecule has 19 heavy (non-hydrogen) atoms. The van der Waals surface area contributed by atoms with E-state index in [0.29, 0.717) is 12.5 Å². The van der Waals surface area contributed by atoms with Crippen molar-refractivity contribution in [3.8, 4) is 0 Å². The van der Waals surface area contributed by atoms with Crippen LogP contribution < -0.4 is 10.2 Å². The van der Waals surface area contributed by atoms with Crippen LogP contribution in [0.5, 0.6) is 0 Å². The van der Waals surface area contributed by atoms with Crippen LogP contribution in [0.2, 0.25) is 0 Å². The molecule has 5 nitrogen and oxygen atoms in total. The molecule has 0 amide bonds. The molecule has 2 heterocycles. The van der Waals surface area contributed by atoms with Gasteiger partial charge >= 0.3 is 0 Å². The zero-order valence-corrected chi connectivity index (χ0v) is 12.1. The Labute approximate surface area is 115 Å². The van der Waals surface area contributed by atoms with Gasteiger partial charge in [-0.15, -0.1) is 0 Å². The minimum atomic E-state index is -0.267. The van der Waals surface area contributed by atoms with Crippen LogP contribution >= 0.6 is 0 Å². The van der Waals surface area contributed by atoms with Crippen molar-refractivity contribution in [1.82, 2.24) is 9.97 Å². The van der Waals surface area contributed by atoms with E-state index < -0.39 is 0 Å². The first-order valence-corrected chi connectivity index (χ1v) is 7.12. The summed E-state index contributed by atoms with van der Waals surface area (Å²) in [7, 11) is 1.87. The Morgan fingerprint density at radius 2 is 2.26 bits per heavy atom. The molecule has 2 rings (SSSR count). The van der Waals surface area contributed by atoms with Gasteiger partial charge in [-0.05, 0) is 18.8 Å². The molecule has 1 saturated heterocycles. The van der Waals surface area contributed by atoms with Gasteiger partial charge in [0.25, 0.3) is 0 Å². The van der Waals surface area contributed by atoms with Crippen LogP contribution in [0.15, 0.2) is 6.07 Å². The van der Waals surface area contributed by atoms with Crippen LogP contribution in [0.25, 0.3) is 0 Å². The highest BCUT2D eigenvalue weighted by molar-refractivity contribution is 5.49. The number of anilines is 2. The second-order valence-electron chi connectivity index (χ2n) is 5.31. The zero-order chi connectivity index (χ0) is 13.8. The second kappa shape index (κ2) is 6.19. The Kier molecular flexibility index (Phi) is 4.58. The fourth-order valence-corrected chi connectivity index (χ4v) is 2.37. The highest BCUT2D eigenvalue weighted by Crippen LogP contribution is 2.23. The van der Waals surface area contributed by atoms with E-state index in [0.717, 1.165) is 43.3 Å². The van der Waals surface area contributed by atoms with Crippen LogP contribution in [0.4, 0.5) is 11.6 Å². The molecule has 1 aliphatic rings. The Morgan fingerprint density at radius 3 is 2.89 bits per heavy atom. The normalized spacial score (nSPS) is 23.5. The number of hydrogen-bond acceptors (Lipinski definition) is 5. The molecule has 2 unspecified atom stereocenters. The number of hydrogen-bond donors (Lipinski definition) is 2. The van der Waals surface area contributed by atoms with E-state index in [1.165, 1.54) is 0 Å². The molecule has 0 radical (unpaired) electrons. The van der Waals surface area contributed by atoms with E-state index in [1.54, 1.807) is 0 Å². The average Bonchev–Trinajstić information content (AvgIpc) is 2.42. The van der Waals surface area contributed by atoms with Crippen molar-refractivity contribution < 1.29 is 5.11 Å². The largest absolute Gasteiger partial charge is 0.391 e. The summed E-state index contributed by atoms with van der Waals surface area (Å²) in [6.45, 7) is 5.84. The molecular weight excluding hydrogens is 240 g/mol. The summed E-state index contributed by atoms with van der Waals surface area (Å²) < 4.78 is 0. The van der Waals surface area contributed by atoms with E-state index in [9.17, 15) is 5.11 Å². The third kappa shape index (κ3) is 3.35. The fraction of sp³-hybridized carbons (Fsp3) is 0.714. The highest BCUT2D eigenvalue weighted by atomic mass is 16.3. The van der Waals surface area contributed by atoms with Gasteiger partial charge in [0, 0.05) is 32.6 Å². The number of nitrogens with one attached hydrogen (secondary N) is 1. The highest BCUT2D eigenvalue weighted by Gasteiger charge is 2.25. The standard InChI is InChI=1S/C14H24N4O/c1-4-5-12-16-13(15-3)8-14(17-12)18-7-6-10(2)11(19)9-18/h8,10-11,19H,4-7,9H2,1-3H3,(H,15,16,17). The van der Waals surface area contributed by atoms with Gasteiger partial charge in [0.15, 0.2) is 0 Å². The molecule has 0 aliphatic carbocycles. The maximum Gasteiger partial charge on any atom is 0.134 e. The molecule has 0 saturated carbocycles. The van der Waals surface area contributed by atoms with Crippen LogP contribution in [0.1, 0.15) is 32.5 Å². The lowest BCUT2D eigenvalue weighted by Gasteiger charge is -2.35. The average molecular weight is 264 g/mol. The molecular formula is C14H24N4O. The fourth-order valence-electron chi connectivity index (χ4n) is 2.37. The monoisotopic (exact) mass is 264 g/mol. The summed E-state index contributed by atoms with van der Waals surface area (Å²) >= 11 is 0. The molecule has 2 N–H and O–H groups in total. The number of β-amino-alcohol motifs (C(OH)–C–C–N with tert-alkyl or cyclic N) is 1. The van der Waals surface area contributed by atoms with Gasteiger partial charge in [0.1, 0.15) is 17.5 Å². The number of aliphatic hydroxyl groups is 1. The van der Waals surface area contributed by atoms with Gasteiger partial charge in [-0.1, -0.05) is 13.8 Å². The summed E-state index contributed by atoms with van der Waals surface area (Å²) in [5, 5.41) is 13.1. The molecule has 106 valence electrons. The van der Waals surface area contributed by atoms with Crippen molar-refractivity contribution in [3.63, 3.8) is 0 Å². The van der Waals surface area contributed by atoms with Crippen molar-refractivity contribution in [1.29, 1.82) is 0 Å². The maximum atomic E-state index is 10.0. The van der Waals surface area contributed by atoms with Gasteiger partial charge in [-0.2, -0.15) is 0 Å². The Balaban J connectivity index is 2.20. The number of nitrogens with zero attached hydrogens (tertiary/aromatic N) is 3. The summed E-state index contributed by atoms with van der Waals surface area (Å²) in [4.78, 5) is 11.2. The molecule has 2 atom stereocenters. The van der Waals surface area contributed by atoms with Crippen molar-refractivity contribution >= 4 is 11.6 Å². The lowest BCUT2D eigenvalue weighted by molar-refractivity contribution is 0.102. The molecule has 1 aromatic heterocycles. The topological polar surface area (TPSA) is 61.3 Å². The van der Waals surface area contributed by atoms with Crippen molar-refractivity contribution in [2.45, 2.75) is 39.2 Å². The Morgan fingerprint density at radius 1 is 1.47 bits per heavy atom. The van der Waals surface area contributed by atoms with E-state index in [2.05, 4.69) is 34.0 Å². The van der Waals surface area contributed by atoms with E-state index in [1.807, 2.05) is 13.1 Å². The third-order valence-corrected chi connectivity index (χ3v) is 3.73. The quantitative estimate of drug-likeness (QED) is 0.866. The Bertz CT molecular complexity index is 424. The molecule has 5 heteroatoms. The maximum absolute atomic E-state index is 10.0. The minimum absolute atomic E-state index is 0.267. The smallest absolute Gasteiger partial charge is 0.134 e. The third-order valence-electron chi connectivity index (χ3n) is 3.73. The first kappa shape index (κ1) is 14.1. The first-order valence-electron chi connectivity index (χ1n) is 7.12. The summed E-state index contributed by atoms with van der Waals surface area (Å²) in [5.41, 5.74) is 0. The first-order chi connectivity index (χ1) is 9.13. The van der Waals surface area contributed by atoms with Crippen molar-refractivity contribution in [2.75, 3.05) is 30.4 Å². The lowest BCUT2D eigenvalue weighted by Crippen LogP contribution is -2.43. The number of aromatic nitrogens is 2. The van der Waals surface area contributed by atoms with Gasteiger partial charge in [0.2, 0.25) is 0 Å². The second-order valence-corrected chi connectivity index (χ2v) is 5.31. The van der Waals surface area contributed by atoms with Gasteiger partial charge in [-0.25, -0.2) is 9.97 Å². The number of aliphatic hydroxyl groups excluding tert-OH is 1. The van der Waals surface area contributed by atoms with Gasteiger partial charge in [-0.3, -0.25) is 0 Å². The lowest BCUT2D eigenvalue weighted by atomic mass is 9.96. The van der Waals surface area contributed by atoms with Crippen molar-refractivity contribution in [2.24, 2.45) is 5.92 Å². The molecule has 1 fully saturated rings. The summed E-state index contributed by atoms with van der Waals surface area (Å²) in [6, 6.07) is 1.96. The molecule has 0 spiro atoms. The van der Waals surface area contributed by atoms with E-state index in [-0.39, 0.29) is 6.10 Å². The molecule has 1 aliphatic heterocycles. The molecule has 1 aromatic rings. The summed E-state index contributed by atoms with van der Waals surface area (Å²) in [5.74, 6) is 3.02. The molecule has 0 bridgehead atoms.